The van der Waals surface area contributed by atoms with Gasteiger partial charge in [-0.1, -0.05) is 42.5 Å². The van der Waals surface area contributed by atoms with Crippen LogP contribution in [0.4, 0.5) is 4.79 Å². The zero-order valence-electron chi connectivity index (χ0n) is 17.8. The van der Waals surface area contributed by atoms with Gasteiger partial charge in [0.15, 0.2) is 0 Å². The van der Waals surface area contributed by atoms with E-state index in [1.165, 1.54) is 4.90 Å². The van der Waals surface area contributed by atoms with Crippen molar-refractivity contribution in [2.24, 2.45) is 0 Å². The molecule has 164 valence electrons. The number of rotatable bonds is 7. The highest BCUT2D eigenvalue weighted by molar-refractivity contribution is 9.10. The average molecular weight is 512 g/mol. The summed E-state index contributed by atoms with van der Waals surface area (Å²) < 4.78 is 12.1. The third-order valence-electron chi connectivity index (χ3n) is 5.03. The first-order valence-electron chi connectivity index (χ1n) is 10.3. The van der Waals surface area contributed by atoms with Crippen LogP contribution in [0.2, 0.25) is 0 Å². The number of carbonyl (C=O) groups excluding carboxylic acids is 2. The predicted molar refractivity (Wildman–Crippen MR) is 132 cm³/mol. The molecule has 3 aromatic rings. The minimum absolute atomic E-state index is 0.231. The lowest BCUT2D eigenvalue weighted by Gasteiger charge is -2.14. The van der Waals surface area contributed by atoms with Crippen LogP contribution in [-0.4, -0.2) is 29.3 Å². The van der Waals surface area contributed by atoms with Gasteiger partial charge in [0.05, 0.1) is 29.1 Å². The second-order valence-electron chi connectivity index (χ2n) is 7.09. The highest BCUT2D eigenvalue weighted by Crippen LogP contribution is 2.39. The fraction of sp³-hybridized carbons (Fsp3) is 0.200. The number of benzene rings is 3. The van der Waals surface area contributed by atoms with Crippen molar-refractivity contribution in [2.45, 2.75) is 20.4 Å². The summed E-state index contributed by atoms with van der Waals surface area (Å²) in [6.45, 7) is 5.03. The number of hydrogen-bond donors (Lipinski definition) is 0. The van der Waals surface area contributed by atoms with Crippen molar-refractivity contribution >= 4 is 55.7 Å². The van der Waals surface area contributed by atoms with Gasteiger partial charge in [0.2, 0.25) is 0 Å². The van der Waals surface area contributed by atoms with Crippen molar-refractivity contribution < 1.29 is 19.1 Å². The molecule has 0 aliphatic carbocycles. The second kappa shape index (κ2) is 9.79. The molecule has 0 unspecified atom stereocenters. The number of carbonyl (C=O) groups is 2. The molecule has 5 nitrogen and oxygen atoms in total. The third kappa shape index (κ3) is 4.54. The van der Waals surface area contributed by atoms with Gasteiger partial charge in [-0.2, -0.15) is 0 Å². The number of hydrogen-bond acceptors (Lipinski definition) is 5. The van der Waals surface area contributed by atoms with Gasteiger partial charge in [0, 0.05) is 11.6 Å². The Morgan fingerprint density at radius 1 is 0.969 bits per heavy atom. The van der Waals surface area contributed by atoms with Gasteiger partial charge in [-0.25, -0.2) is 0 Å². The van der Waals surface area contributed by atoms with Crippen LogP contribution in [-0.2, 0) is 11.3 Å². The van der Waals surface area contributed by atoms with E-state index in [1.54, 1.807) is 12.1 Å². The molecule has 0 spiro atoms. The summed E-state index contributed by atoms with van der Waals surface area (Å²) in [4.78, 5) is 27.5. The molecular weight excluding hydrogens is 490 g/mol. The van der Waals surface area contributed by atoms with Gasteiger partial charge in [-0.05, 0) is 70.0 Å². The molecule has 1 aliphatic rings. The van der Waals surface area contributed by atoms with Crippen molar-refractivity contribution in [3.63, 3.8) is 0 Å². The Balaban J connectivity index is 1.65. The maximum atomic E-state index is 13.1. The average Bonchev–Trinajstić information content (AvgIpc) is 3.04. The molecule has 32 heavy (non-hydrogen) atoms. The highest BCUT2D eigenvalue weighted by Gasteiger charge is 2.35. The molecular formula is C25H22BrNO4S. The van der Waals surface area contributed by atoms with Gasteiger partial charge < -0.3 is 9.47 Å². The molecule has 7 heteroatoms. The minimum atomic E-state index is -0.305. The summed E-state index contributed by atoms with van der Waals surface area (Å²) in [6, 6.07) is 17.5. The van der Waals surface area contributed by atoms with E-state index >= 15 is 0 Å². The van der Waals surface area contributed by atoms with Gasteiger partial charge >= 0.3 is 0 Å². The van der Waals surface area contributed by atoms with E-state index in [0.29, 0.717) is 35.2 Å². The van der Waals surface area contributed by atoms with Crippen LogP contribution in [0.25, 0.3) is 16.8 Å². The number of fused-ring (bicyclic) bond motifs is 1. The first kappa shape index (κ1) is 22.4. The van der Waals surface area contributed by atoms with Crippen molar-refractivity contribution in [1.82, 2.24) is 4.90 Å². The molecule has 3 aromatic carbocycles. The lowest BCUT2D eigenvalue weighted by molar-refractivity contribution is -0.123. The molecule has 4 rings (SSSR count). The molecule has 0 atom stereocenters. The van der Waals surface area contributed by atoms with Crippen molar-refractivity contribution in [3.05, 3.63) is 75.1 Å². The molecule has 1 aliphatic heterocycles. The second-order valence-corrected chi connectivity index (χ2v) is 8.94. The van der Waals surface area contributed by atoms with Crippen LogP contribution in [0.1, 0.15) is 25.0 Å². The van der Waals surface area contributed by atoms with Crippen molar-refractivity contribution in [1.29, 1.82) is 0 Å². The molecule has 2 amide bonds. The number of imide groups is 1. The molecule has 1 heterocycles. The zero-order chi connectivity index (χ0) is 22.7. The fourth-order valence-electron chi connectivity index (χ4n) is 3.59. The Bertz CT molecular complexity index is 1220. The summed E-state index contributed by atoms with van der Waals surface area (Å²) in [5.74, 6) is 0.956. The van der Waals surface area contributed by atoms with E-state index in [1.807, 2.05) is 62.4 Å². The molecule has 0 bridgehead atoms. The first-order valence-corrected chi connectivity index (χ1v) is 11.9. The maximum Gasteiger partial charge on any atom is 0.293 e. The third-order valence-corrected chi connectivity index (χ3v) is 6.56. The van der Waals surface area contributed by atoms with Crippen LogP contribution < -0.4 is 9.47 Å². The number of halogens is 1. The SMILES string of the molecule is CCOc1cc(OCC)c(/C=C2/SC(=O)N(Cc3cccc4ccccc34)C2=O)cc1Br. The Morgan fingerprint density at radius 2 is 1.69 bits per heavy atom. The van der Waals surface area contributed by atoms with Crippen LogP contribution in [0.3, 0.4) is 0 Å². The van der Waals surface area contributed by atoms with Crippen molar-refractivity contribution in [3.8, 4) is 11.5 Å². The molecule has 1 fully saturated rings. The lowest BCUT2D eigenvalue weighted by Crippen LogP contribution is -2.27. The smallest absolute Gasteiger partial charge is 0.293 e. The quantitative estimate of drug-likeness (QED) is 0.333. The van der Waals surface area contributed by atoms with Gasteiger partial charge in [0.25, 0.3) is 11.1 Å². The largest absolute Gasteiger partial charge is 0.493 e. The Morgan fingerprint density at radius 3 is 2.47 bits per heavy atom. The lowest BCUT2D eigenvalue weighted by atomic mass is 10.0. The molecule has 0 N–H and O–H groups in total. The van der Waals surface area contributed by atoms with Crippen LogP contribution in [0.5, 0.6) is 11.5 Å². The number of ether oxygens (including phenoxy) is 2. The molecule has 0 aromatic heterocycles. The van der Waals surface area contributed by atoms with Crippen molar-refractivity contribution in [2.75, 3.05) is 13.2 Å². The van der Waals surface area contributed by atoms with E-state index in [9.17, 15) is 9.59 Å². The number of nitrogens with zero attached hydrogens (tertiary/aromatic N) is 1. The van der Waals surface area contributed by atoms with E-state index in [0.717, 1.165) is 32.6 Å². The maximum absolute atomic E-state index is 13.1. The summed E-state index contributed by atoms with van der Waals surface area (Å²) >= 11 is 4.45. The number of amides is 2. The molecule has 1 saturated heterocycles. The summed E-state index contributed by atoms with van der Waals surface area (Å²) in [7, 11) is 0. The van der Waals surface area contributed by atoms with Crippen LogP contribution in [0, 0.1) is 0 Å². The Labute approximate surface area is 199 Å². The fourth-order valence-corrected chi connectivity index (χ4v) is 4.89. The highest BCUT2D eigenvalue weighted by atomic mass is 79.9. The number of thioether (sulfide) groups is 1. The van der Waals surface area contributed by atoms with E-state index in [-0.39, 0.29) is 17.7 Å². The van der Waals surface area contributed by atoms with Crippen LogP contribution in [0.15, 0.2) is 64.0 Å². The zero-order valence-corrected chi connectivity index (χ0v) is 20.2. The van der Waals surface area contributed by atoms with Gasteiger partial charge in [-0.3, -0.25) is 14.5 Å². The summed E-state index contributed by atoms with van der Waals surface area (Å²) in [6.07, 6.45) is 1.71. The van der Waals surface area contributed by atoms with E-state index in [4.69, 9.17) is 9.47 Å². The molecule has 0 radical (unpaired) electrons. The van der Waals surface area contributed by atoms with Gasteiger partial charge in [-0.15, -0.1) is 0 Å². The monoisotopic (exact) mass is 511 g/mol. The first-order chi connectivity index (χ1) is 15.5. The predicted octanol–water partition coefficient (Wildman–Crippen LogP) is 6.64. The summed E-state index contributed by atoms with van der Waals surface area (Å²) in [5, 5.41) is 1.83. The van der Waals surface area contributed by atoms with Crippen LogP contribution >= 0.6 is 27.7 Å². The topological polar surface area (TPSA) is 55.8 Å². The van der Waals surface area contributed by atoms with E-state index < -0.39 is 0 Å². The Kier molecular flexibility index (Phi) is 6.86. The minimum Gasteiger partial charge on any atom is -0.493 e. The Hall–Kier alpha value is -2.77. The van der Waals surface area contributed by atoms with E-state index in [2.05, 4.69) is 15.9 Å². The normalized spacial score (nSPS) is 15.1. The van der Waals surface area contributed by atoms with Gasteiger partial charge in [0.1, 0.15) is 11.5 Å². The standard InChI is InChI=1S/C25H22BrNO4S/c1-3-30-21-14-22(31-4-2)20(26)12-18(21)13-23-24(28)27(25(29)32-23)15-17-10-7-9-16-8-5-6-11-19(16)17/h5-14H,3-4,15H2,1-2H3/b23-13+. The molecule has 0 saturated carbocycles. The summed E-state index contributed by atoms with van der Waals surface area (Å²) in [5.41, 5.74) is 1.64.